The van der Waals surface area contributed by atoms with E-state index in [0.717, 1.165) is 0 Å². The van der Waals surface area contributed by atoms with Gasteiger partial charge in [-0.3, -0.25) is 4.79 Å². The average molecular weight is 308 g/mol. The molecule has 0 saturated heterocycles. The van der Waals surface area contributed by atoms with Crippen LogP contribution in [0.25, 0.3) is 0 Å². The zero-order chi connectivity index (χ0) is 15.4. The van der Waals surface area contributed by atoms with Crippen molar-refractivity contribution < 1.29 is 14.3 Å². The lowest BCUT2D eigenvalue weighted by Gasteiger charge is -2.12. The largest absolute Gasteiger partial charge is 0.493 e. The van der Waals surface area contributed by atoms with Crippen LogP contribution in [0.15, 0.2) is 18.2 Å². The second-order valence-corrected chi connectivity index (χ2v) is 4.49. The molecule has 0 aliphatic heterocycles. The first kappa shape index (κ1) is 15.1. The third-order valence-corrected chi connectivity index (χ3v) is 3.06. The molecule has 0 bridgehead atoms. The molecule has 1 heterocycles. The predicted molar refractivity (Wildman–Crippen MR) is 80.0 cm³/mol. The number of carbonyl (C=O) groups excluding carboxylic acids is 1. The standard InChI is InChI=1S/C14H14ClN3O3/c1-8-16-13(15)10(7-19)14(17-8)18-9-4-5-11(20-2)12(6-9)21-3/h4-7H,1-3H3,(H,16,17,18). The maximum Gasteiger partial charge on any atom is 0.162 e. The minimum atomic E-state index is 0.112. The van der Waals surface area contributed by atoms with E-state index in [0.29, 0.717) is 35.1 Å². The quantitative estimate of drug-likeness (QED) is 0.676. The first-order valence-electron chi connectivity index (χ1n) is 6.07. The van der Waals surface area contributed by atoms with Gasteiger partial charge < -0.3 is 14.8 Å². The van der Waals surface area contributed by atoms with E-state index in [9.17, 15) is 4.79 Å². The van der Waals surface area contributed by atoms with E-state index in [1.54, 1.807) is 39.3 Å². The smallest absolute Gasteiger partial charge is 0.162 e. The Balaban J connectivity index is 2.40. The van der Waals surface area contributed by atoms with Crippen molar-refractivity contribution in [1.82, 2.24) is 9.97 Å². The summed E-state index contributed by atoms with van der Waals surface area (Å²) in [6.07, 6.45) is 0.616. The van der Waals surface area contributed by atoms with Gasteiger partial charge in [0.25, 0.3) is 0 Å². The molecule has 1 N–H and O–H groups in total. The number of carbonyl (C=O) groups is 1. The van der Waals surface area contributed by atoms with Crippen LogP contribution < -0.4 is 14.8 Å². The number of hydrogen-bond acceptors (Lipinski definition) is 6. The van der Waals surface area contributed by atoms with Crippen LogP contribution in [0.2, 0.25) is 5.15 Å². The Bertz CT molecular complexity index is 677. The van der Waals surface area contributed by atoms with Crippen molar-refractivity contribution in [3.8, 4) is 11.5 Å². The van der Waals surface area contributed by atoms with Crippen LogP contribution in [0.1, 0.15) is 16.2 Å². The number of aldehydes is 1. The molecule has 0 radical (unpaired) electrons. The van der Waals surface area contributed by atoms with Crippen molar-refractivity contribution in [3.05, 3.63) is 34.7 Å². The Morgan fingerprint density at radius 3 is 2.52 bits per heavy atom. The van der Waals surface area contributed by atoms with Gasteiger partial charge in [-0.05, 0) is 19.1 Å². The summed E-state index contributed by atoms with van der Waals surface area (Å²) < 4.78 is 10.4. The molecule has 2 aromatic rings. The van der Waals surface area contributed by atoms with Gasteiger partial charge in [0.2, 0.25) is 0 Å². The minimum absolute atomic E-state index is 0.112. The molecule has 0 atom stereocenters. The van der Waals surface area contributed by atoms with Crippen LogP contribution in [-0.4, -0.2) is 30.5 Å². The van der Waals surface area contributed by atoms with Crippen molar-refractivity contribution in [2.24, 2.45) is 0 Å². The molecule has 0 saturated carbocycles. The number of rotatable bonds is 5. The molecule has 1 aromatic heterocycles. The summed E-state index contributed by atoms with van der Waals surface area (Å²) in [7, 11) is 3.10. The number of aryl methyl sites for hydroxylation is 1. The minimum Gasteiger partial charge on any atom is -0.493 e. The topological polar surface area (TPSA) is 73.3 Å². The fourth-order valence-corrected chi connectivity index (χ4v) is 2.05. The number of aromatic nitrogens is 2. The maximum atomic E-state index is 11.1. The monoisotopic (exact) mass is 307 g/mol. The second kappa shape index (κ2) is 6.41. The summed E-state index contributed by atoms with van der Waals surface area (Å²) in [6.45, 7) is 1.69. The zero-order valence-electron chi connectivity index (χ0n) is 11.8. The zero-order valence-corrected chi connectivity index (χ0v) is 12.6. The summed E-state index contributed by atoms with van der Waals surface area (Å²) >= 11 is 5.94. The molecule has 2 rings (SSSR count). The summed E-state index contributed by atoms with van der Waals surface area (Å²) in [4.78, 5) is 19.3. The SMILES string of the molecule is COc1ccc(Nc2nc(C)nc(Cl)c2C=O)cc1OC. The second-order valence-electron chi connectivity index (χ2n) is 4.14. The van der Waals surface area contributed by atoms with Crippen LogP contribution in [0, 0.1) is 6.92 Å². The Kier molecular flexibility index (Phi) is 4.59. The van der Waals surface area contributed by atoms with Crippen molar-refractivity contribution in [1.29, 1.82) is 0 Å². The van der Waals surface area contributed by atoms with Crippen LogP contribution in [0.4, 0.5) is 11.5 Å². The van der Waals surface area contributed by atoms with Crippen molar-refractivity contribution in [2.45, 2.75) is 6.92 Å². The number of nitrogens with zero attached hydrogens (tertiary/aromatic N) is 2. The Morgan fingerprint density at radius 2 is 1.90 bits per heavy atom. The molecule has 7 heteroatoms. The number of nitrogens with one attached hydrogen (secondary N) is 1. The molecule has 0 amide bonds. The van der Waals surface area contributed by atoms with E-state index in [1.807, 2.05) is 0 Å². The Morgan fingerprint density at radius 1 is 1.19 bits per heavy atom. The number of benzene rings is 1. The first-order valence-corrected chi connectivity index (χ1v) is 6.45. The number of anilines is 2. The molecule has 6 nitrogen and oxygen atoms in total. The average Bonchev–Trinajstić information content (AvgIpc) is 2.46. The van der Waals surface area contributed by atoms with Gasteiger partial charge in [-0.15, -0.1) is 0 Å². The Hall–Kier alpha value is -2.34. The number of methoxy groups -OCH3 is 2. The lowest BCUT2D eigenvalue weighted by molar-refractivity contribution is 0.112. The van der Waals surface area contributed by atoms with E-state index < -0.39 is 0 Å². The number of hydrogen-bond donors (Lipinski definition) is 1. The van der Waals surface area contributed by atoms with Crippen molar-refractivity contribution >= 4 is 29.4 Å². The van der Waals surface area contributed by atoms with Crippen LogP contribution in [0.5, 0.6) is 11.5 Å². The molecule has 0 unspecified atom stereocenters. The predicted octanol–water partition coefficient (Wildman–Crippen LogP) is 3.01. The van der Waals surface area contributed by atoms with Crippen LogP contribution in [-0.2, 0) is 0 Å². The van der Waals surface area contributed by atoms with Gasteiger partial charge in [0.1, 0.15) is 16.8 Å². The first-order chi connectivity index (χ1) is 10.1. The van der Waals surface area contributed by atoms with Gasteiger partial charge in [-0.25, -0.2) is 9.97 Å². The van der Waals surface area contributed by atoms with Gasteiger partial charge >= 0.3 is 0 Å². The van der Waals surface area contributed by atoms with E-state index in [-0.39, 0.29) is 10.7 Å². The van der Waals surface area contributed by atoms with E-state index in [4.69, 9.17) is 21.1 Å². The molecule has 1 aromatic carbocycles. The van der Waals surface area contributed by atoms with Crippen LogP contribution in [0.3, 0.4) is 0 Å². The molecule has 0 spiro atoms. The van der Waals surface area contributed by atoms with Gasteiger partial charge in [0.15, 0.2) is 17.8 Å². The summed E-state index contributed by atoms with van der Waals surface area (Å²) in [5.41, 5.74) is 0.891. The summed E-state index contributed by atoms with van der Waals surface area (Å²) in [5, 5.41) is 3.14. The molecule has 110 valence electrons. The number of halogens is 1. The molecule has 0 fully saturated rings. The molecule has 21 heavy (non-hydrogen) atoms. The van der Waals surface area contributed by atoms with Gasteiger partial charge in [0.05, 0.1) is 19.8 Å². The van der Waals surface area contributed by atoms with Gasteiger partial charge in [0, 0.05) is 11.8 Å². The summed E-state index contributed by atoms with van der Waals surface area (Å²) in [6, 6.07) is 5.26. The van der Waals surface area contributed by atoms with Crippen molar-refractivity contribution in [2.75, 3.05) is 19.5 Å². The fourth-order valence-electron chi connectivity index (χ4n) is 1.80. The molecule has 0 aliphatic rings. The number of ether oxygens (including phenoxy) is 2. The summed E-state index contributed by atoms with van der Waals surface area (Å²) in [5.74, 6) is 1.98. The lowest BCUT2D eigenvalue weighted by atomic mass is 10.2. The Labute approximate surface area is 127 Å². The highest BCUT2D eigenvalue weighted by Gasteiger charge is 2.12. The highest BCUT2D eigenvalue weighted by atomic mass is 35.5. The van der Waals surface area contributed by atoms with E-state index >= 15 is 0 Å². The van der Waals surface area contributed by atoms with E-state index in [1.165, 1.54) is 0 Å². The third-order valence-electron chi connectivity index (χ3n) is 2.78. The molecular formula is C14H14ClN3O3. The van der Waals surface area contributed by atoms with Gasteiger partial charge in [-0.2, -0.15) is 0 Å². The normalized spacial score (nSPS) is 10.1. The fraction of sp³-hybridized carbons (Fsp3) is 0.214. The highest BCUT2D eigenvalue weighted by molar-refractivity contribution is 6.32. The van der Waals surface area contributed by atoms with Gasteiger partial charge in [-0.1, -0.05) is 11.6 Å². The van der Waals surface area contributed by atoms with E-state index in [2.05, 4.69) is 15.3 Å². The maximum absolute atomic E-state index is 11.1. The van der Waals surface area contributed by atoms with Crippen LogP contribution >= 0.6 is 11.6 Å². The van der Waals surface area contributed by atoms with Crippen molar-refractivity contribution in [3.63, 3.8) is 0 Å². The lowest BCUT2D eigenvalue weighted by Crippen LogP contribution is -2.03. The highest BCUT2D eigenvalue weighted by Crippen LogP contribution is 2.31. The molecular weight excluding hydrogens is 294 g/mol. The third kappa shape index (κ3) is 3.22. The molecule has 0 aliphatic carbocycles.